The second-order valence-electron chi connectivity index (χ2n) is 16.2. The number of aliphatic hydroxyl groups is 4. The summed E-state index contributed by atoms with van der Waals surface area (Å²) in [7, 11) is 0. The molecule has 0 amide bonds. The van der Waals surface area contributed by atoms with Crippen LogP contribution in [0.25, 0.3) is 0 Å². The van der Waals surface area contributed by atoms with E-state index in [2.05, 4.69) is 111 Å². The van der Waals surface area contributed by atoms with E-state index in [9.17, 15) is 25.2 Å². The lowest BCUT2D eigenvalue weighted by Crippen LogP contribution is -2.59. The van der Waals surface area contributed by atoms with E-state index < -0.39 is 43.4 Å². The van der Waals surface area contributed by atoms with Crippen molar-refractivity contribution in [2.45, 2.75) is 205 Å². The Morgan fingerprint density at radius 1 is 0.532 bits per heavy atom. The maximum atomic E-state index is 12.8. The quantitative estimate of drug-likeness (QED) is 0.0270. The molecule has 0 aliphatic carbocycles. The van der Waals surface area contributed by atoms with Gasteiger partial charge in [-0.2, -0.15) is 0 Å². The summed E-state index contributed by atoms with van der Waals surface area (Å²) >= 11 is 0. The van der Waals surface area contributed by atoms with Crippen LogP contribution >= 0.6 is 0 Å². The Labute approximate surface area is 377 Å². The minimum Gasteiger partial charge on any atom is -0.457 e. The standard InChI is InChI=1S/C53H88O9/c1-3-5-7-9-11-13-15-17-19-20-21-22-23-24-25-26-27-28-29-30-32-34-36-38-40-42-49(55)61-47(46-60-53-52(58)51(57)50(56)48(44-54)62-53)45-59-43-41-39-37-35-33-31-18-16-14-12-10-8-6-4-2/h5,7,11,13-14,16-17,19,21-22,24-25,27-28,30,32,47-48,50-54,56-58H,3-4,6,8-10,12,15,18,20,23,26,29,31,33-46H2,1-2H3/b7-5-,13-11-,16-14-,19-17-,22-21-,25-24-,28-27-,32-30-. The Morgan fingerprint density at radius 2 is 0.984 bits per heavy atom. The molecule has 354 valence electrons. The van der Waals surface area contributed by atoms with Gasteiger partial charge in [0.1, 0.15) is 30.5 Å². The van der Waals surface area contributed by atoms with Gasteiger partial charge in [0.15, 0.2) is 6.29 Å². The third-order valence-electron chi connectivity index (χ3n) is 10.5. The van der Waals surface area contributed by atoms with Crippen LogP contribution in [0.2, 0.25) is 0 Å². The van der Waals surface area contributed by atoms with Crippen LogP contribution in [-0.2, 0) is 23.7 Å². The number of esters is 1. The molecule has 0 aromatic rings. The molecule has 4 N–H and O–H groups in total. The smallest absolute Gasteiger partial charge is 0.306 e. The van der Waals surface area contributed by atoms with E-state index in [1.165, 1.54) is 51.4 Å². The van der Waals surface area contributed by atoms with Crippen molar-refractivity contribution in [1.82, 2.24) is 0 Å². The van der Waals surface area contributed by atoms with Crippen LogP contribution in [0.3, 0.4) is 0 Å². The maximum absolute atomic E-state index is 12.8. The van der Waals surface area contributed by atoms with Gasteiger partial charge in [0, 0.05) is 13.0 Å². The molecule has 9 nitrogen and oxygen atoms in total. The summed E-state index contributed by atoms with van der Waals surface area (Å²) in [6.45, 7) is 4.36. The fraction of sp³-hybridized carbons (Fsp3) is 0.679. The van der Waals surface area contributed by atoms with Gasteiger partial charge in [0.2, 0.25) is 0 Å². The molecule has 9 heteroatoms. The number of ether oxygens (including phenoxy) is 4. The molecule has 1 heterocycles. The minimum atomic E-state index is -1.55. The van der Waals surface area contributed by atoms with Crippen LogP contribution in [0.5, 0.6) is 0 Å². The monoisotopic (exact) mass is 869 g/mol. The largest absolute Gasteiger partial charge is 0.457 e. The topological polar surface area (TPSA) is 135 Å². The number of carbonyl (C=O) groups excluding carboxylic acids is 1. The van der Waals surface area contributed by atoms with Crippen LogP contribution < -0.4 is 0 Å². The zero-order valence-electron chi connectivity index (χ0n) is 38.8. The molecule has 0 radical (unpaired) electrons. The van der Waals surface area contributed by atoms with E-state index in [4.69, 9.17) is 18.9 Å². The Balaban J connectivity index is 2.27. The fourth-order valence-electron chi connectivity index (χ4n) is 6.70. The van der Waals surface area contributed by atoms with Crippen molar-refractivity contribution in [3.05, 3.63) is 97.2 Å². The first-order chi connectivity index (χ1) is 30.4. The molecule has 62 heavy (non-hydrogen) atoms. The molecule has 0 saturated carbocycles. The first kappa shape index (κ1) is 57.1. The Kier molecular flexibility index (Phi) is 40.0. The molecule has 1 rings (SSSR count). The Morgan fingerprint density at radius 3 is 1.50 bits per heavy atom. The molecule has 1 saturated heterocycles. The zero-order valence-corrected chi connectivity index (χ0v) is 38.8. The van der Waals surface area contributed by atoms with E-state index in [-0.39, 0.29) is 25.6 Å². The van der Waals surface area contributed by atoms with Gasteiger partial charge in [0.05, 0.1) is 19.8 Å². The summed E-state index contributed by atoms with van der Waals surface area (Å²) in [4.78, 5) is 12.8. The van der Waals surface area contributed by atoms with Crippen molar-refractivity contribution < 1.29 is 44.2 Å². The minimum absolute atomic E-state index is 0.121. The predicted octanol–water partition coefficient (Wildman–Crippen LogP) is 11.6. The molecule has 1 fully saturated rings. The van der Waals surface area contributed by atoms with Gasteiger partial charge in [-0.25, -0.2) is 0 Å². The third kappa shape index (κ3) is 33.6. The lowest BCUT2D eigenvalue weighted by atomic mass is 9.99. The molecule has 6 unspecified atom stereocenters. The molecule has 0 bridgehead atoms. The average molecular weight is 869 g/mol. The number of unbranched alkanes of at least 4 members (excludes halogenated alkanes) is 13. The highest BCUT2D eigenvalue weighted by atomic mass is 16.7. The number of carbonyl (C=O) groups is 1. The fourth-order valence-corrected chi connectivity index (χ4v) is 6.70. The molecular formula is C53H88O9. The lowest BCUT2D eigenvalue weighted by Gasteiger charge is -2.39. The molecule has 1 aliphatic rings. The Hall–Kier alpha value is -2.89. The van der Waals surface area contributed by atoms with Crippen LogP contribution in [0, 0.1) is 0 Å². The summed E-state index contributed by atoms with van der Waals surface area (Å²) in [6.07, 6.45) is 52.9. The third-order valence-corrected chi connectivity index (χ3v) is 10.5. The number of hydrogen-bond acceptors (Lipinski definition) is 9. The predicted molar refractivity (Wildman–Crippen MR) is 256 cm³/mol. The summed E-state index contributed by atoms with van der Waals surface area (Å²) < 4.78 is 22.8. The highest BCUT2D eigenvalue weighted by molar-refractivity contribution is 5.69. The number of rotatable bonds is 40. The molecule has 0 spiro atoms. The van der Waals surface area contributed by atoms with E-state index in [0.29, 0.717) is 13.0 Å². The molecule has 6 atom stereocenters. The second-order valence-corrected chi connectivity index (χ2v) is 16.2. The highest BCUT2D eigenvalue weighted by Crippen LogP contribution is 2.22. The number of aliphatic hydroxyl groups excluding tert-OH is 4. The van der Waals surface area contributed by atoms with Crippen molar-refractivity contribution in [2.75, 3.05) is 26.4 Å². The van der Waals surface area contributed by atoms with Gasteiger partial charge >= 0.3 is 5.97 Å². The molecule has 1 aliphatic heterocycles. The summed E-state index contributed by atoms with van der Waals surface area (Å²) in [5, 5.41) is 40.2. The summed E-state index contributed by atoms with van der Waals surface area (Å²) in [6, 6.07) is 0. The molecule has 0 aromatic carbocycles. The Bertz CT molecular complexity index is 1260. The maximum Gasteiger partial charge on any atom is 0.306 e. The average Bonchev–Trinajstić information content (AvgIpc) is 3.27. The molecular weight excluding hydrogens is 781 g/mol. The zero-order chi connectivity index (χ0) is 45.0. The molecule has 0 aromatic heterocycles. The van der Waals surface area contributed by atoms with Gasteiger partial charge in [-0.15, -0.1) is 0 Å². The van der Waals surface area contributed by atoms with E-state index in [0.717, 1.165) is 89.9 Å². The van der Waals surface area contributed by atoms with E-state index >= 15 is 0 Å². The highest BCUT2D eigenvalue weighted by Gasteiger charge is 2.44. The number of allylic oxidation sites excluding steroid dienone is 16. The first-order valence-electron chi connectivity index (χ1n) is 24.3. The second kappa shape index (κ2) is 43.4. The van der Waals surface area contributed by atoms with Gasteiger partial charge in [-0.3, -0.25) is 4.79 Å². The van der Waals surface area contributed by atoms with Gasteiger partial charge in [-0.1, -0.05) is 162 Å². The van der Waals surface area contributed by atoms with Crippen LogP contribution in [0.4, 0.5) is 0 Å². The van der Waals surface area contributed by atoms with Crippen LogP contribution in [0.1, 0.15) is 168 Å². The normalized spacial score (nSPS) is 20.6. The van der Waals surface area contributed by atoms with Crippen LogP contribution in [0.15, 0.2) is 97.2 Å². The van der Waals surface area contributed by atoms with Crippen molar-refractivity contribution >= 4 is 5.97 Å². The van der Waals surface area contributed by atoms with Crippen molar-refractivity contribution in [1.29, 1.82) is 0 Å². The SMILES string of the molecule is CC/C=C\C/C=C\C/C=C\C/C=C\C/C=C\C/C=C\C/C=C\CCCCCC(=O)OC(COCCCCCCCC/C=C\CCCCCC)COC1OC(CO)C(O)C(O)C1O. The van der Waals surface area contributed by atoms with Crippen LogP contribution in [-0.4, -0.2) is 89.6 Å². The van der Waals surface area contributed by atoms with Gasteiger partial charge in [-0.05, 0) is 96.3 Å². The first-order valence-corrected chi connectivity index (χ1v) is 24.3. The van der Waals surface area contributed by atoms with Crippen molar-refractivity contribution in [3.63, 3.8) is 0 Å². The van der Waals surface area contributed by atoms with E-state index in [1.807, 2.05) is 0 Å². The summed E-state index contributed by atoms with van der Waals surface area (Å²) in [5.41, 5.74) is 0. The van der Waals surface area contributed by atoms with E-state index in [1.54, 1.807) is 0 Å². The van der Waals surface area contributed by atoms with Gasteiger partial charge in [0.25, 0.3) is 0 Å². The van der Waals surface area contributed by atoms with Gasteiger partial charge < -0.3 is 39.4 Å². The summed E-state index contributed by atoms with van der Waals surface area (Å²) in [5.74, 6) is -0.351. The number of hydrogen-bond donors (Lipinski definition) is 4. The lowest BCUT2D eigenvalue weighted by molar-refractivity contribution is -0.305. The van der Waals surface area contributed by atoms with Crippen molar-refractivity contribution in [2.24, 2.45) is 0 Å². The van der Waals surface area contributed by atoms with Crippen molar-refractivity contribution in [3.8, 4) is 0 Å².